The van der Waals surface area contributed by atoms with Crippen molar-refractivity contribution in [1.29, 1.82) is 0 Å². The van der Waals surface area contributed by atoms with Gasteiger partial charge in [-0.25, -0.2) is 0 Å². The molecule has 86 valence electrons. The molecule has 0 heterocycles. The summed E-state index contributed by atoms with van der Waals surface area (Å²) in [7, 11) is 1.57. The summed E-state index contributed by atoms with van der Waals surface area (Å²) < 4.78 is 11.6. The van der Waals surface area contributed by atoms with E-state index < -0.39 is 0 Å². The average molecular weight is 285 g/mol. The Morgan fingerprint density at radius 3 is 2.81 bits per heavy atom. The second kappa shape index (κ2) is 4.87. The summed E-state index contributed by atoms with van der Waals surface area (Å²) in [5.41, 5.74) is 0.514. The van der Waals surface area contributed by atoms with E-state index in [1.165, 1.54) is 12.8 Å². The van der Waals surface area contributed by atoms with Gasteiger partial charge < -0.3 is 9.47 Å². The molecule has 0 N–H and O–H groups in total. The summed E-state index contributed by atoms with van der Waals surface area (Å²) in [6.45, 7) is 0.660. The highest BCUT2D eigenvalue weighted by molar-refractivity contribution is 9.10. The Labute approximate surface area is 103 Å². The summed E-state index contributed by atoms with van der Waals surface area (Å²) in [5.74, 6) is 1.79. The number of benzene rings is 1. The molecule has 0 amide bonds. The fraction of sp³-hybridized carbons (Fsp3) is 0.417. The van der Waals surface area contributed by atoms with Crippen molar-refractivity contribution in [2.24, 2.45) is 5.92 Å². The van der Waals surface area contributed by atoms with Crippen molar-refractivity contribution in [3.63, 3.8) is 0 Å². The third-order valence-electron chi connectivity index (χ3n) is 2.60. The van der Waals surface area contributed by atoms with Crippen LogP contribution in [-0.2, 0) is 0 Å². The summed E-state index contributed by atoms with van der Waals surface area (Å²) in [5, 5.41) is 0. The van der Waals surface area contributed by atoms with Gasteiger partial charge in [0, 0.05) is 4.47 Å². The van der Waals surface area contributed by atoms with E-state index in [-0.39, 0.29) is 0 Å². The maximum absolute atomic E-state index is 11.0. The summed E-state index contributed by atoms with van der Waals surface area (Å²) in [6, 6.07) is 3.58. The van der Waals surface area contributed by atoms with E-state index in [4.69, 9.17) is 9.47 Å². The number of methoxy groups -OCH3 is 1. The van der Waals surface area contributed by atoms with Gasteiger partial charge in [0.2, 0.25) is 0 Å². The van der Waals surface area contributed by atoms with Crippen molar-refractivity contribution in [2.75, 3.05) is 13.7 Å². The lowest BCUT2D eigenvalue weighted by molar-refractivity contribution is 0.111. The Kier molecular flexibility index (Phi) is 3.49. The van der Waals surface area contributed by atoms with Crippen LogP contribution in [0.5, 0.6) is 11.5 Å². The van der Waals surface area contributed by atoms with Crippen LogP contribution in [0.2, 0.25) is 0 Å². The zero-order valence-corrected chi connectivity index (χ0v) is 10.6. The van der Waals surface area contributed by atoms with E-state index in [1.807, 2.05) is 0 Å². The maximum atomic E-state index is 11.0. The molecule has 3 nitrogen and oxygen atoms in total. The molecule has 4 heteroatoms. The second-order valence-corrected chi connectivity index (χ2v) is 4.72. The predicted octanol–water partition coefficient (Wildman–Crippen LogP) is 3.06. The van der Waals surface area contributed by atoms with Crippen molar-refractivity contribution in [3.8, 4) is 11.5 Å². The molecule has 1 fully saturated rings. The molecule has 16 heavy (non-hydrogen) atoms. The van der Waals surface area contributed by atoms with Crippen molar-refractivity contribution >= 4 is 22.2 Å². The van der Waals surface area contributed by atoms with E-state index >= 15 is 0 Å². The number of rotatable bonds is 5. The number of hydrogen-bond acceptors (Lipinski definition) is 3. The van der Waals surface area contributed by atoms with Gasteiger partial charge in [0.05, 0.1) is 19.3 Å². The second-order valence-electron chi connectivity index (χ2n) is 3.86. The highest BCUT2D eigenvalue weighted by Gasteiger charge is 2.23. The van der Waals surface area contributed by atoms with Crippen LogP contribution in [-0.4, -0.2) is 20.0 Å². The molecule has 1 saturated carbocycles. The first kappa shape index (κ1) is 11.5. The molecular formula is C12H13BrO3. The highest BCUT2D eigenvalue weighted by atomic mass is 79.9. The topological polar surface area (TPSA) is 35.5 Å². The molecule has 1 aromatic rings. The number of aldehydes is 1. The normalized spacial score (nSPS) is 14.6. The Morgan fingerprint density at radius 2 is 2.25 bits per heavy atom. The lowest BCUT2D eigenvalue weighted by Gasteiger charge is -2.13. The molecule has 0 aromatic heterocycles. The van der Waals surface area contributed by atoms with Gasteiger partial charge >= 0.3 is 0 Å². The Bertz CT molecular complexity index is 399. The van der Waals surface area contributed by atoms with Gasteiger partial charge in [-0.05, 0) is 46.8 Å². The quantitative estimate of drug-likeness (QED) is 0.780. The zero-order chi connectivity index (χ0) is 11.5. The average Bonchev–Trinajstić information content (AvgIpc) is 3.10. The number of hydrogen-bond donors (Lipinski definition) is 0. The molecule has 1 aliphatic rings. The zero-order valence-electron chi connectivity index (χ0n) is 9.03. The van der Waals surface area contributed by atoms with Gasteiger partial charge in [-0.2, -0.15) is 0 Å². The van der Waals surface area contributed by atoms with Crippen molar-refractivity contribution in [3.05, 3.63) is 22.2 Å². The molecule has 0 spiro atoms. The summed E-state index contributed by atoms with van der Waals surface area (Å²) >= 11 is 3.33. The lowest BCUT2D eigenvalue weighted by atomic mass is 10.2. The highest BCUT2D eigenvalue weighted by Crippen LogP contribution is 2.37. The molecular weight excluding hydrogens is 272 g/mol. The van der Waals surface area contributed by atoms with E-state index in [9.17, 15) is 4.79 Å². The smallest absolute Gasteiger partial charge is 0.172 e. The van der Waals surface area contributed by atoms with Gasteiger partial charge in [0.1, 0.15) is 0 Å². The Morgan fingerprint density at radius 1 is 1.50 bits per heavy atom. The van der Waals surface area contributed by atoms with Crippen LogP contribution in [0.4, 0.5) is 0 Å². The van der Waals surface area contributed by atoms with Gasteiger partial charge in [0.15, 0.2) is 17.8 Å². The summed E-state index contributed by atoms with van der Waals surface area (Å²) in [6.07, 6.45) is 3.22. The van der Waals surface area contributed by atoms with Crippen LogP contribution in [0.25, 0.3) is 0 Å². The van der Waals surface area contributed by atoms with Crippen LogP contribution in [0.1, 0.15) is 23.2 Å². The number of halogens is 1. The van der Waals surface area contributed by atoms with Crippen LogP contribution in [0.15, 0.2) is 16.6 Å². The fourth-order valence-corrected chi connectivity index (χ4v) is 1.87. The van der Waals surface area contributed by atoms with Gasteiger partial charge in [-0.15, -0.1) is 0 Å². The minimum Gasteiger partial charge on any atom is -0.493 e. The Balaban J connectivity index is 2.28. The van der Waals surface area contributed by atoms with E-state index in [0.717, 1.165) is 10.8 Å². The van der Waals surface area contributed by atoms with Crippen molar-refractivity contribution in [2.45, 2.75) is 12.8 Å². The third-order valence-corrected chi connectivity index (χ3v) is 3.30. The largest absolute Gasteiger partial charge is 0.493 e. The first-order valence-electron chi connectivity index (χ1n) is 5.20. The fourth-order valence-electron chi connectivity index (χ4n) is 1.46. The van der Waals surface area contributed by atoms with Gasteiger partial charge in [-0.1, -0.05) is 0 Å². The third kappa shape index (κ3) is 2.38. The lowest BCUT2D eigenvalue weighted by Crippen LogP contribution is -2.04. The molecule has 0 atom stereocenters. The monoisotopic (exact) mass is 284 g/mol. The molecule has 1 aliphatic carbocycles. The summed E-state index contributed by atoms with van der Waals surface area (Å²) in [4.78, 5) is 11.0. The maximum Gasteiger partial charge on any atom is 0.172 e. The van der Waals surface area contributed by atoms with E-state index in [1.54, 1.807) is 19.2 Å². The number of carbonyl (C=O) groups is 1. The molecule has 0 unspecified atom stereocenters. The molecule has 0 saturated heterocycles. The first-order valence-corrected chi connectivity index (χ1v) is 6.00. The number of ether oxygens (including phenoxy) is 2. The van der Waals surface area contributed by atoms with Gasteiger partial charge in [0.25, 0.3) is 0 Å². The van der Waals surface area contributed by atoms with Crippen molar-refractivity contribution in [1.82, 2.24) is 0 Å². The van der Waals surface area contributed by atoms with Crippen molar-refractivity contribution < 1.29 is 14.3 Å². The van der Waals surface area contributed by atoms with Crippen LogP contribution >= 0.6 is 15.9 Å². The molecule has 1 aromatic carbocycles. The Hall–Kier alpha value is -1.03. The predicted molar refractivity (Wildman–Crippen MR) is 64.3 cm³/mol. The molecule has 0 aliphatic heterocycles. The van der Waals surface area contributed by atoms with Crippen LogP contribution in [0, 0.1) is 5.92 Å². The van der Waals surface area contributed by atoms with E-state index in [0.29, 0.717) is 29.6 Å². The van der Waals surface area contributed by atoms with Gasteiger partial charge in [-0.3, -0.25) is 4.79 Å². The molecule has 0 radical (unpaired) electrons. The molecule has 0 bridgehead atoms. The standard InChI is InChI=1S/C12H13BrO3/c1-15-11-5-4-10(13)9(6-14)12(11)16-7-8-2-3-8/h4-6,8H,2-3,7H2,1H3. The minimum absolute atomic E-state index is 0.514. The first-order chi connectivity index (χ1) is 7.76. The van der Waals surface area contributed by atoms with E-state index in [2.05, 4.69) is 15.9 Å². The van der Waals surface area contributed by atoms with Crippen LogP contribution < -0.4 is 9.47 Å². The SMILES string of the molecule is COc1ccc(Br)c(C=O)c1OCC1CC1. The van der Waals surface area contributed by atoms with Crippen LogP contribution in [0.3, 0.4) is 0 Å². The number of carbonyl (C=O) groups excluding carboxylic acids is 1. The molecule has 2 rings (SSSR count). The minimum atomic E-state index is 0.514.